The molecule has 0 aromatic heterocycles. The van der Waals surface area contributed by atoms with E-state index in [0.29, 0.717) is 0 Å². The number of hydrogen-bond donors (Lipinski definition) is 1. The number of benzene rings is 3. The van der Waals surface area contributed by atoms with Gasteiger partial charge in [-0.25, -0.2) is 0 Å². The molecule has 104 valence electrons. The third-order valence-corrected chi connectivity index (χ3v) is 3.42. The number of anilines is 1. The molecule has 21 heavy (non-hydrogen) atoms. The van der Waals surface area contributed by atoms with E-state index in [4.69, 9.17) is 10.5 Å². The summed E-state index contributed by atoms with van der Waals surface area (Å²) in [4.78, 5) is 4.59. The lowest BCUT2D eigenvalue weighted by Gasteiger charge is -2.06. The molecule has 0 radical (unpaired) electrons. The zero-order valence-electron chi connectivity index (χ0n) is 11.8. The highest BCUT2D eigenvalue weighted by Crippen LogP contribution is 2.30. The number of methoxy groups -OCH3 is 1. The standard InChI is InChI=1S/C18H16N2O/c1-21-18-9-5-2-6-13(18)12-20-17-11-10-16(19)14-7-3-4-8-15(14)17/h2-12H,19H2,1H3/b20-12+. The summed E-state index contributed by atoms with van der Waals surface area (Å²) in [7, 11) is 1.66. The van der Waals surface area contributed by atoms with Gasteiger partial charge in [-0.05, 0) is 24.3 Å². The van der Waals surface area contributed by atoms with Crippen molar-refractivity contribution >= 4 is 28.4 Å². The molecule has 0 fully saturated rings. The molecular weight excluding hydrogens is 260 g/mol. The number of ether oxygens (including phenoxy) is 1. The Morgan fingerprint density at radius 2 is 1.62 bits per heavy atom. The summed E-state index contributed by atoms with van der Waals surface area (Å²) in [6.45, 7) is 0. The molecule has 2 N–H and O–H groups in total. The Bertz CT molecular complexity index is 809. The van der Waals surface area contributed by atoms with Crippen LogP contribution in [0.4, 0.5) is 11.4 Å². The van der Waals surface area contributed by atoms with Gasteiger partial charge in [-0.3, -0.25) is 4.99 Å². The SMILES string of the molecule is COc1ccccc1/C=N/c1ccc(N)c2ccccc12. The quantitative estimate of drug-likeness (QED) is 0.576. The minimum absolute atomic E-state index is 0.766. The molecule has 0 saturated heterocycles. The Labute approximate surface area is 123 Å². The van der Waals surface area contributed by atoms with Gasteiger partial charge in [0.05, 0.1) is 12.8 Å². The van der Waals surface area contributed by atoms with Crippen LogP contribution in [0.1, 0.15) is 5.56 Å². The van der Waals surface area contributed by atoms with E-state index in [1.54, 1.807) is 7.11 Å². The number of aliphatic imine (C=N–C) groups is 1. The molecule has 0 aliphatic heterocycles. The first-order chi connectivity index (χ1) is 10.3. The number of nitrogen functional groups attached to an aromatic ring is 1. The molecule has 0 amide bonds. The highest BCUT2D eigenvalue weighted by molar-refractivity contribution is 6.01. The van der Waals surface area contributed by atoms with E-state index in [1.165, 1.54) is 0 Å². The summed E-state index contributed by atoms with van der Waals surface area (Å²) in [5, 5.41) is 2.07. The van der Waals surface area contributed by atoms with Crippen molar-refractivity contribution in [1.82, 2.24) is 0 Å². The molecule has 0 unspecified atom stereocenters. The van der Waals surface area contributed by atoms with Crippen LogP contribution in [0.25, 0.3) is 10.8 Å². The molecule has 0 aliphatic rings. The Balaban J connectivity index is 2.06. The summed E-state index contributed by atoms with van der Waals surface area (Å²) >= 11 is 0. The van der Waals surface area contributed by atoms with Crippen molar-refractivity contribution in [2.45, 2.75) is 0 Å². The van der Waals surface area contributed by atoms with Gasteiger partial charge >= 0.3 is 0 Å². The van der Waals surface area contributed by atoms with E-state index < -0.39 is 0 Å². The van der Waals surface area contributed by atoms with Crippen LogP contribution in [0.15, 0.2) is 65.7 Å². The zero-order valence-corrected chi connectivity index (χ0v) is 11.8. The van der Waals surface area contributed by atoms with Crippen LogP contribution in [0.5, 0.6) is 5.75 Å². The van der Waals surface area contributed by atoms with Gasteiger partial charge in [-0.1, -0.05) is 36.4 Å². The minimum Gasteiger partial charge on any atom is -0.496 e. The monoisotopic (exact) mass is 276 g/mol. The van der Waals surface area contributed by atoms with E-state index in [0.717, 1.165) is 33.5 Å². The van der Waals surface area contributed by atoms with Crippen molar-refractivity contribution in [2.75, 3.05) is 12.8 Å². The van der Waals surface area contributed by atoms with Gasteiger partial charge in [0.2, 0.25) is 0 Å². The second-order valence-corrected chi connectivity index (χ2v) is 4.72. The maximum atomic E-state index is 6.01. The first-order valence-corrected chi connectivity index (χ1v) is 6.74. The lowest BCUT2D eigenvalue weighted by atomic mass is 10.1. The van der Waals surface area contributed by atoms with Crippen molar-refractivity contribution in [3.8, 4) is 5.75 Å². The summed E-state index contributed by atoms with van der Waals surface area (Å²) in [6.07, 6.45) is 1.82. The van der Waals surface area contributed by atoms with Gasteiger partial charge in [0.15, 0.2) is 0 Å². The highest BCUT2D eigenvalue weighted by Gasteiger charge is 2.03. The fraction of sp³-hybridized carbons (Fsp3) is 0.0556. The number of nitrogens with two attached hydrogens (primary N) is 1. The number of hydrogen-bond acceptors (Lipinski definition) is 3. The minimum atomic E-state index is 0.766. The summed E-state index contributed by atoms with van der Waals surface area (Å²) in [5.74, 6) is 0.806. The predicted octanol–water partition coefficient (Wildman–Crippen LogP) is 4.18. The molecule has 0 atom stereocenters. The first-order valence-electron chi connectivity index (χ1n) is 6.74. The normalized spacial score (nSPS) is 11.1. The Kier molecular flexibility index (Phi) is 3.56. The Morgan fingerprint density at radius 1 is 0.905 bits per heavy atom. The third-order valence-electron chi connectivity index (χ3n) is 3.42. The lowest BCUT2D eigenvalue weighted by Crippen LogP contribution is -1.90. The van der Waals surface area contributed by atoms with E-state index in [-0.39, 0.29) is 0 Å². The second kappa shape index (κ2) is 5.67. The number of fused-ring (bicyclic) bond motifs is 1. The largest absolute Gasteiger partial charge is 0.496 e. The van der Waals surface area contributed by atoms with E-state index in [1.807, 2.05) is 66.9 Å². The van der Waals surface area contributed by atoms with Crippen LogP contribution in [0.3, 0.4) is 0 Å². The van der Waals surface area contributed by atoms with Crippen LogP contribution >= 0.6 is 0 Å². The number of nitrogens with zero attached hydrogens (tertiary/aromatic N) is 1. The van der Waals surface area contributed by atoms with Gasteiger partial charge in [-0.2, -0.15) is 0 Å². The molecule has 0 heterocycles. The summed E-state index contributed by atoms with van der Waals surface area (Å²) in [5.41, 5.74) is 8.61. The fourth-order valence-electron chi connectivity index (χ4n) is 2.33. The van der Waals surface area contributed by atoms with Gasteiger partial charge in [0.1, 0.15) is 5.75 Å². The maximum Gasteiger partial charge on any atom is 0.127 e. The van der Waals surface area contributed by atoms with Gasteiger partial charge < -0.3 is 10.5 Å². The van der Waals surface area contributed by atoms with Crippen LogP contribution in [0.2, 0.25) is 0 Å². The van der Waals surface area contributed by atoms with E-state index in [2.05, 4.69) is 4.99 Å². The van der Waals surface area contributed by atoms with Gasteiger partial charge in [-0.15, -0.1) is 0 Å². The van der Waals surface area contributed by atoms with E-state index in [9.17, 15) is 0 Å². The van der Waals surface area contributed by atoms with Crippen LogP contribution in [-0.2, 0) is 0 Å². The molecule has 0 bridgehead atoms. The molecule has 0 saturated carbocycles. The molecule has 3 nitrogen and oxygen atoms in total. The Hall–Kier alpha value is -2.81. The van der Waals surface area contributed by atoms with Crippen LogP contribution in [-0.4, -0.2) is 13.3 Å². The Morgan fingerprint density at radius 3 is 2.43 bits per heavy atom. The topological polar surface area (TPSA) is 47.6 Å². The van der Waals surface area contributed by atoms with Crippen molar-refractivity contribution in [3.05, 3.63) is 66.2 Å². The zero-order chi connectivity index (χ0) is 14.7. The number of rotatable bonds is 3. The third kappa shape index (κ3) is 2.58. The lowest BCUT2D eigenvalue weighted by molar-refractivity contribution is 0.414. The molecule has 3 aromatic rings. The highest BCUT2D eigenvalue weighted by atomic mass is 16.5. The molecule has 0 aliphatic carbocycles. The van der Waals surface area contributed by atoms with Crippen molar-refractivity contribution in [3.63, 3.8) is 0 Å². The van der Waals surface area contributed by atoms with Crippen molar-refractivity contribution in [2.24, 2.45) is 4.99 Å². The van der Waals surface area contributed by atoms with Crippen molar-refractivity contribution in [1.29, 1.82) is 0 Å². The maximum absolute atomic E-state index is 6.01. The van der Waals surface area contributed by atoms with Gasteiger partial charge in [0.25, 0.3) is 0 Å². The summed E-state index contributed by atoms with van der Waals surface area (Å²) < 4.78 is 5.33. The van der Waals surface area contributed by atoms with Gasteiger partial charge in [0, 0.05) is 28.2 Å². The molecular formula is C18H16N2O. The average molecular weight is 276 g/mol. The molecule has 0 spiro atoms. The van der Waals surface area contributed by atoms with Crippen molar-refractivity contribution < 1.29 is 4.74 Å². The fourth-order valence-corrected chi connectivity index (χ4v) is 2.33. The molecule has 3 rings (SSSR count). The average Bonchev–Trinajstić information content (AvgIpc) is 2.55. The number of para-hydroxylation sites is 1. The molecule has 3 aromatic carbocycles. The van der Waals surface area contributed by atoms with E-state index >= 15 is 0 Å². The first kappa shape index (κ1) is 13.2. The molecule has 3 heteroatoms. The smallest absolute Gasteiger partial charge is 0.127 e. The second-order valence-electron chi connectivity index (χ2n) is 4.72. The van der Waals surface area contributed by atoms with Crippen LogP contribution in [0, 0.1) is 0 Å². The van der Waals surface area contributed by atoms with Crippen LogP contribution < -0.4 is 10.5 Å². The summed E-state index contributed by atoms with van der Waals surface area (Å²) in [6, 6.07) is 19.6. The predicted molar refractivity (Wildman–Crippen MR) is 88.6 cm³/mol.